The van der Waals surface area contributed by atoms with Crippen LogP contribution in [-0.4, -0.2) is 0 Å². The minimum atomic E-state index is 0.437. The van der Waals surface area contributed by atoms with Gasteiger partial charge < -0.3 is 0 Å². The summed E-state index contributed by atoms with van der Waals surface area (Å²) in [5, 5.41) is 0. The molecule has 102 valence electrons. The zero-order chi connectivity index (χ0) is 13.9. The Morgan fingerprint density at radius 2 is 1.41 bits per heavy atom. The van der Waals surface area contributed by atoms with Crippen molar-refractivity contribution < 1.29 is 0 Å². The second-order valence-electron chi connectivity index (χ2n) is 7.91. The third kappa shape index (κ3) is 6.38. The van der Waals surface area contributed by atoms with Crippen LogP contribution in [0.15, 0.2) is 0 Å². The van der Waals surface area contributed by atoms with Gasteiger partial charge in [0.1, 0.15) is 0 Å². The van der Waals surface area contributed by atoms with Gasteiger partial charge >= 0.3 is 0 Å². The Kier molecular flexibility index (Phi) is 6.11. The minimum absolute atomic E-state index is 0.437. The van der Waals surface area contributed by atoms with Crippen molar-refractivity contribution in [1.29, 1.82) is 0 Å². The lowest BCUT2D eigenvalue weighted by molar-refractivity contribution is 0.173. The Balaban J connectivity index is 4.44. The van der Waals surface area contributed by atoms with E-state index >= 15 is 0 Å². The van der Waals surface area contributed by atoms with Crippen LogP contribution in [0.4, 0.5) is 0 Å². The summed E-state index contributed by atoms with van der Waals surface area (Å²) in [7, 11) is 0. The molecule has 0 rings (SSSR count). The quantitative estimate of drug-likeness (QED) is 0.470. The fourth-order valence-electron chi connectivity index (χ4n) is 2.97. The van der Waals surface area contributed by atoms with Gasteiger partial charge in [0.05, 0.1) is 25.2 Å². The maximum atomic E-state index is 2.43. The Hall–Kier alpha value is -0.130. The highest BCUT2D eigenvalue weighted by Gasteiger charge is 2.36. The molecule has 0 nitrogen and oxygen atoms in total. The van der Waals surface area contributed by atoms with Gasteiger partial charge in [0.15, 0.2) is 0 Å². The second kappa shape index (κ2) is 6.16. The third-order valence-corrected chi connectivity index (χ3v) is 4.45. The van der Waals surface area contributed by atoms with E-state index < -0.39 is 0 Å². The van der Waals surface area contributed by atoms with Crippen LogP contribution >= 0.6 is 0 Å². The SMILES string of the molecule is CCC(C)(C)CC(C)(C)C[C+](C)C(C)C(C)C. The van der Waals surface area contributed by atoms with E-state index in [0.717, 1.165) is 11.8 Å². The molecule has 0 fully saturated rings. The molecule has 0 heteroatoms. The lowest BCUT2D eigenvalue weighted by atomic mass is 9.68. The molecule has 0 N–H and O–H groups in total. The van der Waals surface area contributed by atoms with Crippen molar-refractivity contribution in [1.82, 2.24) is 0 Å². The summed E-state index contributed by atoms with van der Waals surface area (Å²) in [6.45, 7) is 21.4. The van der Waals surface area contributed by atoms with Crippen LogP contribution in [0.2, 0.25) is 0 Å². The molecule has 0 aromatic carbocycles. The van der Waals surface area contributed by atoms with Gasteiger partial charge in [-0.3, -0.25) is 0 Å². The van der Waals surface area contributed by atoms with E-state index in [2.05, 4.69) is 62.3 Å². The summed E-state index contributed by atoms with van der Waals surface area (Å²) in [5.41, 5.74) is 0.914. The predicted molar refractivity (Wildman–Crippen MR) is 80.0 cm³/mol. The smallest absolute Gasteiger partial charge is 0.0649 e. The highest BCUT2D eigenvalue weighted by Crippen LogP contribution is 2.42. The van der Waals surface area contributed by atoms with Gasteiger partial charge in [-0.1, -0.05) is 54.9 Å². The minimum Gasteiger partial charge on any atom is -0.0649 e. The highest BCUT2D eigenvalue weighted by atomic mass is 14.4. The average Bonchev–Trinajstić information content (AvgIpc) is 2.13. The monoisotopic (exact) mass is 239 g/mol. The lowest BCUT2D eigenvalue weighted by Crippen LogP contribution is -2.26. The van der Waals surface area contributed by atoms with Crippen LogP contribution in [0.25, 0.3) is 0 Å². The Morgan fingerprint density at radius 1 is 0.941 bits per heavy atom. The van der Waals surface area contributed by atoms with Crippen molar-refractivity contribution in [3.05, 3.63) is 5.92 Å². The van der Waals surface area contributed by atoms with E-state index in [-0.39, 0.29) is 0 Å². The predicted octanol–water partition coefficient (Wildman–Crippen LogP) is 6.12. The maximum Gasteiger partial charge on any atom is 0.0994 e. The van der Waals surface area contributed by atoms with E-state index in [1.165, 1.54) is 19.3 Å². The van der Waals surface area contributed by atoms with Crippen molar-refractivity contribution in [2.24, 2.45) is 22.7 Å². The molecule has 0 aliphatic heterocycles. The van der Waals surface area contributed by atoms with Crippen LogP contribution in [-0.2, 0) is 0 Å². The van der Waals surface area contributed by atoms with Gasteiger partial charge in [0.2, 0.25) is 0 Å². The first-order valence-corrected chi connectivity index (χ1v) is 7.33. The van der Waals surface area contributed by atoms with E-state index in [1.807, 2.05) is 0 Å². The first kappa shape index (κ1) is 16.9. The van der Waals surface area contributed by atoms with Crippen LogP contribution in [0.5, 0.6) is 0 Å². The Morgan fingerprint density at radius 3 is 1.76 bits per heavy atom. The lowest BCUT2D eigenvalue weighted by Gasteiger charge is -2.34. The van der Waals surface area contributed by atoms with Crippen LogP contribution in [0.1, 0.15) is 81.6 Å². The molecule has 0 aromatic rings. The zero-order valence-corrected chi connectivity index (χ0v) is 13.8. The fraction of sp³-hybridized carbons (Fsp3) is 0.941. The van der Waals surface area contributed by atoms with Gasteiger partial charge in [-0.25, -0.2) is 0 Å². The number of rotatable bonds is 7. The van der Waals surface area contributed by atoms with Gasteiger partial charge in [0, 0.05) is 5.41 Å². The topological polar surface area (TPSA) is 0 Å². The van der Waals surface area contributed by atoms with Crippen molar-refractivity contribution in [2.45, 2.75) is 81.6 Å². The van der Waals surface area contributed by atoms with Crippen molar-refractivity contribution in [3.63, 3.8) is 0 Å². The van der Waals surface area contributed by atoms with E-state index in [1.54, 1.807) is 5.92 Å². The average molecular weight is 239 g/mol. The molecule has 1 unspecified atom stereocenters. The number of hydrogen-bond acceptors (Lipinski definition) is 0. The molecule has 1 atom stereocenters. The van der Waals surface area contributed by atoms with Gasteiger partial charge in [-0.05, 0) is 24.7 Å². The van der Waals surface area contributed by atoms with Crippen molar-refractivity contribution in [2.75, 3.05) is 0 Å². The zero-order valence-electron chi connectivity index (χ0n) is 13.8. The summed E-state index contributed by atoms with van der Waals surface area (Å²) < 4.78 is 0. The fourth-order valence-corrected chi connectivity index (χ4v) is 2.97. The van der Waals surface area contributed by atoms with Crippen molar-refractivity contribution in [3.8, 4) is 0 Å². The summed E-state index contributed by atoms with van der Waals surface area (Å²) in [5.74, 6) is 3.20. The first-order valence-electron chi connectivity index (χ1n) is 7.33. The molecule has 0 saturated heterocycles. The second-order valence-corrected chi connectivity index (χ2v) is 7.91. The molecular weight excluding hydrogens is 204 g/mol. The molecule has 0 heterocycles. The molecule has 0 spiro atoms. The molecule has 0 aliphatic carbocycles. The Labute approximate surface area is 111 Å². The largest absolute Gasteiger partial charge is 0.0994 e. The van der Waals surface area contributed by atoms with Crippen LogP contribution in [0.3, 0.4) is 0 Å². The summed E-state index contributed by atoms with van der Waals surface area (Å²) in [6.07, 6.45) is 3.86. The van der Waals surface area contributed by atoms with Gasteiger partial charge in [-0.2, -0.15) is 0 Å². The summed E-state index contributed by atoms with van der Waals surface area (Å²) in [4.78, 5) is 0. The van der Waals surface area contributed by atoms with Crippen molar-refractivity contribution >= 4 is 0 Å². The molecule has 0 amide bonds. The van der Waals surface area contributed by atoms with Crippen LogP contribution < -0.4 is 0 Å². The molecular formula is C17H35+. The molecule has 0 aliphatic rings. The van der Waals surface area contributed by atoms with Crippen LogP contribution in [0, 0.1) is 28.6 Å². The van der Waals surface area contributed by atoms with Gasteiger partial charge in [-0.15, -0.1) is 0 Å². The molecule has 0 aromatic heterocycles. The molecule has 0 saturated carbocycles. The Bertz CT molecular complexity index is 210. The van der Waals surface area contributed by atoms with Gasteiger partial charge in [0.25, 0.3) is 0 Å². The third-order valence-electron chi connectivity index (χ3n) is 4.45. The molecule has 0 radical (unpaired) electrons. The summed E-state index contributed by atoms with van der Waals surface area (Å²) in [6, 6.07) is 0. The first-order chi connectivity index (χ1) is 7.51. The van der Waals surface area contributed by atoms with E-state index in [0.29, 0.717) is 10.8 Å². The van der Waals surface area contributed by atoms with E-state index in [9.17, 15) is 0 Å². The molecule has 0 bridgehead atoms. The normalized spacial score (nSPS) is 15.2. The highest BCUT2D eigenvalue weighted by molar-refractivity contribution is 4.96. The summed E-state index contributed by atoms with van der Waals surface area (Å²) >= 11 is 0. The maximum absolute atomic E-state index is 2.43. The van der Waals surface area contributed by atoms with E-state index in [4.69, 9.17) is 0 Å². The standard InChI is InChI=1S/C17H35/c1-10-16(6,7)12-17(8,9)11-14(4)15(5)13(2)3/h13,15H,10-12H2,1-9H3/q+1. The molecule has 17 heavy (non-hydrogen) atoms. The number of hydrogen-bond donors (Lipinski definition) is 0.